The van der Waals surface area contributed by atoms with Crippen molar-refractivity contribution in [3.05, 3.63) is 24.1 Å². The number of nitrogens with one attached hydrogen (secondary N) is 1. The first kappa shape index (κ1) is 9.05. The summed E-state index contributed by atoms with van der Waals surface area (Å²) in [6.07, 6.45) is 1.39. The molecule has 0 atom stereocenters. The maximum Gasteiger partial charge on any atom is 0.489 e. The van der Waals surface area contributed by atoms with Crippen LogP contribution in [-0.2, 0) is 0 Å². The standard InChI is InChI=1S/C8H7BFNO3/c10-5-1-4-3-11-8(12)7(4)6(2-5)9(13)14/h1-3,11-14H. The topological polar surface area (TPSA) is 76.5 Å². The predicted octanol–water partition coefficient (Wildman–Crippen LogP) is -0.308. The van der Waals surface area contributed by atoms with E-state index in [1.54, 1.807) is 0 Å². The molecule has 1 heterocycles. The van der Waals surface area contributed by atoms with Gasteiger partial charge in [-0.05, 0) is 17.6 Å². The first-order valence-corrected chi connectivity index (χ1v) is 3.95. The van der Waals surface area contributed by atoms with Gasteiger partial charge in [0.25, 0.3) is 0 Å². The molecule has 0 unspecified atom stereocenters. The quantitative estimate of drug-likeness (QED) is 0.471. The fourth-order valence-electron chi connectivity index (χ4n) is 1.46. The highest BCUT2D eigenvalue weighted by Crippen LogP contribution is 2.22. The van der Waals surface area contributed by atoms with Gasteiger partial charge >= 0.3 is 7.12 Å². The summed E-state index contributed by atoms with van der Waals surface area (Å²) in [4.78, 5) is 2.47. The van der Waals surface area contributed by atoms with Crippen LogP contribution in [0.5, 0.6) is 5.88 Å². The van der Waals surface area contributed by atoms with Gasteiger partial charge in [0.15, 0.2) is 5.88 Å². The molecule has 0 radical (unpaired) electrons. The van der Waals surface area contributed by atoms with E-state index in [2.05, 4.69) is 4.98 Å². The fourth-order valence-corrected chi connectivity index (χ4v) is 1.46. The van der Waals surface area contributed by atoms with Crippen molar-refractivity contribution in [2.75, 3.05) is 0 Å². The molecule has 4 nitrogen and oxygen atoms in total. The molecule has 0 saturated carbocycles. The minimum atomic E-state index is -1.81. The van der Waals surface area contributed by atoms with Crippen LogP contribution >= 0.6 is 0 Å². The van der Waals surface area contributed by atoms with E-state index in [0.29, 0.717) is 5.39 Å². The molecule has 0 bridgehead atoms. The molecule has 0 fully saturated rings. The lowest BCUT2D eigenvalue weighted by Gasteiger charge is -2.02. The number of aromatic amines is 1. The summed E-state index contributed by atoms with van der Waals surface area (Å²) in [5.74, 6) is -0.789. The molecular weight excluding hydrogens is 188 g/mol. The average molecular weight is 195 g/mol. The number of halogens is 1. The van der Waals surface area contributed by atoms with E-state index < -0.39 is 12.9 Å². The predicted molar refractivity (Wildman–Crippen MR) is 49.7 cm³/mol. The Bertz CT molecular complexity index is 483. The van der Waals surface area contributed by atoms with Crippen molar-refractivity contribution < 1.29 is 19.5 Å². The van der Waals surface area contributed by atoms with Crippen LogP contribution in [0.4, 0.5) is 4.39 Å². The normalized spacial score (nSPS) is 10.8. The Morgan fingerprint density at radius 2 is 2.00 bits per heavy atom. The van der Waals surface area contributed by atoms with Crippen LogP contribution in [0, 0.1) is 5.82 Å². The zero-order chi connectivity index (χ0) is 10.3. The first-order chi connectivity index (χ1) is 6.59. The lowest BCUT2D eigenvalue weighted by Crippen LogP contribution is -2.30. The third kappa shape index (κ3) is 1.25. The summed E-state index contributed by atoms with van der Waals surface area (Å²) < 4.78 is 12.9. The molecule has 1 aromatic carbocycles. The molecule has 0 aliphatic rings. The number of H-pyrrole nitrogens is 1. The zero-order valence-corrected chi connectivity index (χ0v) is 7.03. The molecule has 0 aliphatic carbocycles. The number of benzene rings is 1. The Hall–Kier alpha value is -1.53. The van der Waals surface area contributed by atoms with Gasteiger partial charge in [-0.2, -0.15) is 0 Å². The van der Waals surface area contributed by atoms with E-state index in [0.717, 1.165) is 6.07 Å². The monoisotopic (exact) mass is 195 g/mol. The van der Waals surface area contributed by atoms with Crippen LogP contribution in [0.25, 0.3) is 10.8 Å². The van der Waals surface area contributed by atoms with Crippen LogP contribution in [0.2, 0.25) is 0 Å². The molecule has 2 rings (SSSR count). The van der Waals surface area contributed by atoms with Gasteiger partial charge in [0, 0.05) is 17.0 Å². The Morgan fingerprint density at radius 1 is 1.29 bits per heavy atom. The van der Waals surface area contributed by atoms with Crippen molar-refractivity contribution in [2.45, 2.75) is 0 Å². The van der Waals surface area contributed by atoms with Gasteiger partial charge in [0.05, 0.1) is 0 Å². The van der Waals surface area contributed by atoms with Gasteiger partial charge in [0.2, 0.25) is 0 Å². The molecule has 0 amide bonds. The lowest BCUT2D eigenvalue weighted by atomic mass is 9.78. The van der Waals surface area contributed by atoms with Crippen LogP contribution in [-0.4, -0.2) is 27.3 Å². The highest BCUT2D eigenvalue weighted by Gasteiger charge is 2.19. The maximum atomic E-state index is 12.9. The van der Waals surface area contributed by atoms with Crippen molar-refractivity contribution in [3.8, 4) is 5.88 Å². The molecule has 0 saturated heterocycles. The molecular formula is C8H7BFNO3. The molecule has 14 heavy (non-hydrogen) atoms. The number of hydrogen-bond acceptors (Lipinski definition) is 3. The summed E-state index contributed by atoms with van der Waals surface area (Å²) >= 11 is 0. The third-order valence-corrected chi connectivity index (χ3v) is 2.04. The molecule has 0 spiro atoms. The Labute approximate surface area is 78.8 Å². The highest BCUT2D eigenvalue weighted by atomic mass is 19.1. The maximum absolute atomic E-state index is 12.9. The highest BCUT2D eigenvalue weighted by molar-refractivity contribution is 6.62. The second-order valence-corrected chi connectivity index (χ2v) is 2.97. The van der Waals surface area contributed by atoms with Crippen LogP contribution in [0.15, 0.2) is 18.3 Å². The summed E-state index contributed by atoms with van der Waals surface area (Å²) in [6.45, 7) is 0. The average Bonchev–Trinajstić information content (AvgIpc) is 2.46. The van der Waals surface area contributed by atoms with E-state index >= 15 is 0 Å². The minimum Gasteiger partial charge on any atom is -0.494 e. The van der Waals surface area contributed by atoms with Crippen molar-refractivity contribution in [1.82, 2.24) is 4.98 Å². The van der Waals surface area contributed by atoms with Gasteiger partial charge < -0.3 is 20.1 Å². The molecule has 1 aromatic heterocycles. The number of rotatable bonds is 1. The molecule has 4 N–H and O–H groups in total. The molecule has 0 aliphatic heterocycles. The van der Waals surface area contributed by atoms with Gasteiger partial charge in [-0.25, -0.2) is 4.39 Å². The number of aromatic nitrogens is 1. The van der Waals surface area contributed by atoms with Crippen molar-refractivity contribution in [2.24, 2.45) is 0 Å². The van der Waals surface area contributed by atoms with Gasteiger partial charge in [-0.15, -0.1) is 0 Å². The summed E-state index contributed by atoms with van der Waals surface area (Å²) in [5, 5.41) is 27.9. The largest absolute Gasteiger partial charge is 0.494 e. The summed E-state index contributed by atoms with van der Waals surface area (Å²) in [5.41, 5.74) is -0.0567. The van der Waals surface area contributed by atoms with E-state index in [4.69, 9.17) is 10.0 Å². The van der Waals surface area contributed by atoms with Crippen molar-refractivity contribution in [3.63, 3.8) is 0 Å². The van der Waals surface area contributed by atoms with Crippen molar-refractivity contribution >= 4 is 23.4 Å². The second kappa shape index (κ2) is 3.00. The van der Waals surface area contributed by atoms with Gasteiger partial charge in [-0.1, -0.05) is 0 Å². The Balaban J connectivity index is 2.83. The van der Waals surface area contributed by atoms with E-state index in [1.807, 2.05) is 0 Å². The first-order valence-electron chi connectivity index (χ1n) is 3.95. The summed E-state index contributed by atoms with van der Waals surface area (Å²) in [7, 11) is -1.81. The van der Waals surface area contributed by atoms with E-state index in [-0.39, 0.29) is 16.7 Å². The SMILES string of the molecule is OB(O)c1cc(F)cc2c[nH]c(O)c12. The van der Waals surface area contributed by atoms with Crippen molar-refractivity contribution in [1.29, 1.82) is 0 Å². The molecule has 72 valence electrons. The third-order valence-electron chi connectivity index (χ3n) is 2.04. The Kier molecular flexibility index (Phi) is 1.94. The Morgan fingerprint density at radius 3 is 2.64 bits per heavy atom. The zero-order valence-electron chi connectivity index (χ0n) is 7.03. The van der Waals surface area contributed by atoms with Crippen LogP contribution in [0.1, 0.15) is 0 Å². The molecule has 2 aromatic rings. The number of hydrogen-bond donors (Lipinski definition) is 4. The lowest BCUT2D eigenvalue weighted by molar-refractivity contribution is 0.425. The van der Waals surface area contributed by atoms with Crippen LogP contribution < -0.4 is 5.46 Å². The van der Waals surface area contributed by atoms with Gasteiger partial charge in [-0.3, -0.25) is 0 Å². The smallest absolute Gasteiger partial charge is 0.489 e. The van der Waals surface area contributed by atoms with E-state index in [1.165, 1.54) is 12.3 Å². The number of fused-ring (bicyclic) bond motifs is 1. The second-order valence-electron chi connectivity index (χ2n) is 2.97. The van der Waals surface area contributed by atoms with Crippen LogP contribution in [0.3, 0.4) is 0 Å². The molecule has 6 heteroatoms. The van der Waals surface area contributed by atoms with E-state index in [9.17, 15) is 9.50 Å². The van der Waals surface area contributed by atoms with Gasteiger partial charge in [0.1, 0.15) is 5.82 Å². The summed E-state index contributed by atoms with van der Waals surface area (Å²) in [6, 6.07) is 2.16. The number of aromatic hydroxyl groups is 1. The minimum absolute atomic E-state index is 0.0567. The fraction of sp³-hybridized carbons (Fsp3) is 0.